The fourth-order valence-corrected chi connectivity index (χ4v) is 3.44. The summed E-state index contributed by atoms with van der Waals surface area (Å²) < 4.78 is 24.7. The SMILES string of the molecule is COc1ccc2oc(C(=O)NC(Cc3ccc(-c4ccccc4F)cc3)C(=O)O)cc2c1. The maximum absolute atomic E-state index is 14.0. The van der Waals surface area contributed by atoms with Gasteiger partial charge in [-0.2, -0.15) is 0 Å². The molecule has 0 bridgehead atoms. The van der Waals surface area contributed by atoms with Gasteiger partial charge in [-0.15, -0.1) is 0 Å². The van der Waals surface area contributed by atoms with Crippen LogP contribution in [-0.4, -0.2) is 30.1 Å². The van der Waals surface area contributed by atoms with Crippen molar-refractivity contribution in [1.82, 2.24) is 5.32 Å². The van der Waals surface area contributed by atoms with Gasteiger partial charge in [0.2, 0.25) is 0 Å². The molecule has 0 fully saturated rings. The third-order valence-corrected chi connectivity index (χ3v) is 5.13. The number of benzene rings is 3. The van der Waals surface area contributed by atoms with Gasteiger partial charge >= 0.3 is 5.97 Å². The number of ether oxygens (including phenoxy) is 1. The third kappa shape index (κ3) is 4.46. The van der Waals surface area contributed by atoms with Gasteiger partial charge in [0.05, 0.1) is 7.11 Å². The van der Waals surface area contributed by atoms with Gasteiger partial charge in [-0.05, 0) is 41.5 Å². The Balaban J connectivity index is 1.49. The molecule has 0 saturated carbocycles. The Labute approximate surface area is 183 Å². The first-order chi connectivity index (χ1) is 15.4. The minimum Gasteiger partial charge on any atom is -0.497 e. The van der Waals surface area contributed by atoms with E-state index in [1.54, 1.807) is 60.7 Å². The standard InChI is InChI=1S/C25H20FNO5/c1-31-18-10-11-22-17(13-18)14-23(32-22)24(28)27-21(25(29)30)12-15-6-8-16(9-7-15)19-4-2-3-5-20(19)26/h2-11,13-14,21H,12H2,1H3,(H,27,28)(H,29,30). The lowest BCUT2D eigenvalue weighted by Gasteiger charge is -2.14. The summed E-state index contributed by atoms with van der Waals surface area (Å²) in [6.07, 6.45) is 0.0622. The van der Waals surface area contributed by atoms with E-state index in [4.69, 9.17) is 9.15 Å². The zero-order valence-corrected chi connectivity index (χ0v) is 17.2. The minimum absolute atomic E-state index is 0.00871. The summed E-state index contributed by atoms with van der Waals surface area (Å²) >= 11 is 0. The summed E-state index contributed by atoms with van der Waals surface area (Å²) in [6.45, 7) is 0. The molecule has 0 spiro atoms. The summed E-state index contributed by atoms with van der Waals surface area (Å²) in [5.41, 5.74) is 2.32. The number of nitrogens with one attached hydrogen (secondary N) is 1. The predicted molar refractivity (Wildman–Crippen MR) is 117 cm³/mol. The second-order valence-electron chi connectivity index (χ2n) is 7.26. The van der Waals surface area contributed by atoms with Gasteiger partial charge in [0, 0.05) is 17.4 Å². The molecule has 7 heteroatoms. The van der Waals surface area contributed by atoms with Crippen LogP contribution in [0.25, 0.3) is 22.1 Å². The number of fused-ring (bicyclic) bond motifs is 1. The molecule has 0 aliphatic carbocycles. The number of furan rings is 1. The van der Waals surface area contributed by atoms with Crippen LogP contribution in [-0.2, 0) is 11.2 Å². The minimum atomic E-state index is -1.17. The Morgan fingerprint density at radius 2 is 1.81 bits per heavy atom. The average Bonchev–Trinajstić information content (AvgIpc) is 3.23. The molecule has 162 valence electrons. The highest BCUT2D eigenvalue weighted by molar-refractivity contribution is 5.98. The van der Waals surface area contributed by atoms with Gasteiger partial charge in [0.1, 0.15) is 23.2 Å². The van der Waals surface area contributed by atoms with Crippen molar-refractivity contribution >= 4 is 22.8 Å². The number of carbonyl (C=O) groups excluding carboxylic acids is 1. The Morgan fingerprint density at radius 1 is 1.06 bits per heavy atom. The largest absolute Gasteiger partial charge is 0.497 e. The van der Waals surface area contributed by atoms with E-state index in [0.717, 1.165) is 0 Å². The first-order valence-corrected chi connectivity index (χ1v) is 9.89. The van der Waals surface area contributed by atoms with Gasteiger partial charge in [-0.1, -0.05) is 42.5 Å². The number of carbonyl (C=O) groups is 2. The van der Waals surface area contributed by atoms with E-state index in [-0.39, 0.29) is 18.0 Å². The van der Waals surface area contributed by atoms with Gasteiger partial charge in [-0.25, -0.2) is 9.18 Å². The summed E-state index contributed by atoms with van der Waals surface area (Å²) in [5, 5.41) is 12.8. The monoisotopic (exact) mass is 433 g/mol. The Hall–Kier alpha value is -4.13. The number of hydrogen-bond donors (Lipinski definition) is 2. The zero-order valence-electron chi connectivity index (χ0n) is 17.2. The summed E-state index contributed by atoms with van der Waals surface area (Å²) in [5.74, 6) is -1.51. The molecule has 1 amide bonds. The number of rotatable bonds is 7. The molecule has 0 aliphatic heterocycles. The van der Waals surface area contributed by atoms with E-state index >= 15 is 0 Å². The summed E-state index contributed by atoms with van der Waals surface area (Å²) in [7, 11) is 1.54. The van der Waals surface area contributed by atoms with Crippen LogP contribution in [0.2, 0.25) is 0 Å². The van der Waals surface area contributed by atoms with Crippen molar-refractivity contribution in [1.29, 1.82) is 0 Å². The lowest BCUT2D eigenvalue weighted by Crippen LogP contribution is -2.42. The highest BCUT2D eigenvalue weighted by Crippen LogP contribution is 2.25. The van der Waals surface area contributed by atoms with Crippen LogP contribution in [0.15, 0.2) is 77.2 Å². The predicted octanol–water partition coefficient (Wildman–Crippen LogP) is 4.67. The van der Waals surface area contributed by atoms with Gasteiger partial charge in [0.25, 0.3) is 5.91 Å². The molecular formula is C25H20FNO5. The van der Waals surface area contributed by atoms with Crippen molar-refractivity contribution in [2.45, 2.75) is 12.5 Å². The van der Waals surface area contributed by atoms with E-state index in [9.17, 15) is 19.1 Å². The molecule has 1 atom stereocenters. The van der Waals surface area contributed by atoms with Crippen molar-refractivity contribution < 1.29 is 28.2 Å². The maximum atomic E-state index is 14.0. The first-order valence-electron chi connectivity index (χ1n) is 9.89. The molecule has 0 radical (unpaired) electrons. The lowest BCUT2D eigenvalue weighted by atomic mass is 10.00. The molecular weight excluding hydrogens is 413 g/mol. The number of carboxylic acid groups (broad SMARTS) is 1. The summed E-state index contributed by atoms with van der Waals surface area (Å²) in [4.78, 5) is 24.4. The topological polar surface area (TPSA) is 88.8 Å². The van der Waals surface area contributed by atoms with Gasteiger partial charge < -0.3 is 19.6 Å². The van der Waals surface area contributed by atoms with Crippen molar-refractivity contribution in [2.24, 2.45) is 0 Å². The number of amides is 1. The van der Waals surface area contributed by atoms with E-state index in [0.29, 0.717) is 33.4 Å². The van der Waals surface area contributed by atoms with E-state index in [1.807, 2.05) is 0 Å². The van der Waals surface area contributed by atoms with Crippen LogP contribution in [0, 0.1) is 5.82 Å². The van der Waals surface area contributed by atoms with Crippen LogP contribution in [0.4, 0.5) is 4.39 Å². The van der Waals surface area contributed by atoms with Crippen LogP contribution < -0.4 is 10.1 Å². The molecule has 6 nitrogen and oxygen atoms in total. The lowest BCUT2D eigenvalue weighted by molar-refractivity contribution is -0.139. The smallest absolute Gasteiger partial charge is 0.326 e. The Kier molecular flexibility index (Phi) is 5.89. The number of aliphatic carboxylic acids is 1. The van der Waals surface area contributed by atoms with Crippen LogP contribution in [0.1, 0.15) is 16.1 Å². The fraction of sp³-hybridized carbons (Fsp3) is 0.120. The maximum Gasteiger partial charge on any atom is 0.326 e. The van der Waals surface area contributed by atoms with Gasteiger partial charge in [0.15, 0.2) is 5.76 Å². The van der Waals surface area contributed by atoms with Crippen LogP contribution in [0.3, 0.4) is 0 Å². The highest BCUT2D eigenvalue weighted by Gasteiger charge is 2.23. The number of hydrogen-bond acceptors (Lipinski definition) is 4. The molecule has 1 heterocycles. The zero-order chi connectivity index (χ0) is 22.7. The molecule has 32 heavy (non-hydrogen) atoms. The van der Waals surface area contributed by atoms with Crippen molar-refractivity contribution in [3.8, 4) is 16.9 Å². The number of halogens is 1. The van der Waals surface area contributed by atoms with Gasteiger partial charge in [-0.3, -0.25) is 4.79 Å². The van der Waals surface area contributed by atoms with E-state index < -0.39 is 17.9 Å². The molecule has 4 rings (SSSR count). The second-order valence-corrected chi connectivity index (χ2v) is 7.26. The van der Waals surface area contributed by atoms with Crippen molar-refractivity contribution in [3.63, 3.8) is 0 Å². The molecule has 0 saturated heterocycles. The Morgan fingerprint density at radius 3 is 2.50 bits per heavy atom. The molecule has 2 N–H and O–H groups in total. The Bertz CT molecular complexity index is 1280. The van der Waals surface area contributed by atoms with Crippen molar-refractivity contribution in [3.05, 3.63) is 89.9 Å². The molecule has 3 aromatic carbocycles. The van der Waals surface area contributed by atoms with E-state index in [1.165, 1.54) is 19.2 Å². The second kappa shape index (κ2) is 8.93. The van der Waals surface area contributed by atoms with Crippen molar-refractivity contribution in [2.75, 3.05) is 7.11 Å². The number of carboxylic acids is 1. The quantitative estimate of drug-likeness (QED) is 0.442. The summed E-state index contributed by atoms with van der Waals surface area (Å²) in [6, 6.07) is 18.8. The molecule has 1 aromatic heterocycles. The number of methoxy groups -OCH3 is 1. The molecule has 4 aromatic rings. The highest BCUT2D eigenvalue weighted by atomic mass is 19.1. The van der Waals surface area contributed by atoms with E-state index in [2.05, 4.69) is 5.32 Å². The first kappa shape index (κ1) is 21.1. The van der Waals surface area contributed by atoms with Crippen LogP contribution in [0.5, 0.6) is 5.75 Å². The third-order valence-electron chi connectivity index (χ3n) is 5.13. The van der Waals surface area contributed by atoms with Crippen LogP contribution >= 0.6 is 0 Å². The molecule has 1 unspecified atom stereocenters. The average molecular weight is 433 g/mol. The molecule has 0 aliphatic rings. The normalized spacial score (nSPS) is 11.8. The fourth-order valence-electron chi connectivity index (χ4n) is 3.44.